The number of thiol groups is 1. The van der Waals surface area contributed by atoms with Crippen LogP contribution in [0.15, 0.2) is 41.5 Å². The lowest BCUT2D eigenvalue weighted by Gasteiger charge is -2.42. The van der Waals surface area contributed by atoms with E-state index in [1.165, 1.54) is 18.3 Å². The highest BCUT2D eigenvalue weighted by Gasteiger charge is 2.42. The Kier molecular flexibility index (Phi) is 10.4. The second-order valence-electron chi connectivity index (χ2n) is 8.62. The molecule has 0 saturated heterocycles. The maximum atomic E-state index is 12.9. The van der Waals surface area contributed by atoms with Crippen LogP contribution in [0.5, 0.6) is 5.75 Å². The molecule has 2 atom stereocenters. The van der Waals surface area contributed by atoms with Crippen LogP contribution < -0.4 is 10.5 Å². The number of ketones is 1. The van der Waals surface area contributed by atoms with E-state index in [0.717, 1.165) is 43.3 Å². The number of rotatable bonds is 8. The first kappa shape index (κ1) is 26.9. The molecule has 1 saturated carbocycles. The molecule has 1 aromatic heterocycles. The minimum atomic E-state index is -0.369. The number of aliphatic hydroxyl groups is 1. The maximum Gasteiger partial charge on any atom is 0.185 e. The van der Waals surface area contributed by atoms with Gasteiger partial charge in [-0.05, 0) is 74.1 Å². The molecule has 1 aromatic carbocycles. The number of carbonyl (C=O) groups is 1. The fraction of sp³-hybridized carbons (Fsp3) is 0.500. The topological polar surface area (TPSA) is 97.8 Å². The van der Waals surface area contributed by atoms with E-state index in [1.807, 2.05) is 19.9 Å². The number of ether oxygens (including phenoxy) is 1. The third-order valence-electron chi connectivity index (χ3n) is 6.09. The largest absolute Gasteiger partial charge is 0.489 e. The quantitative estimate of drug-likeness (QED) is 0.228. The van der Waals surface area contributed by atoms with E-state index >= 15 is 0 Å². The molecule has 3 N–H and O–H groups in total. The predicted octanol–water partition coefficient (Wildman–Crippen LogP) is 4.51. The first-order chi connectivity index (χ1) is 15.9. The summed E-state index contributed by atoms with van der Waals surface area (Å²) in [6.07, 6.45) is 7.73. The molecule has 0 amide bonds. The third-order valence-corrected chi connectivity index (χ3v) is 6.53. The van der Waals surface area contributed by atoms with E-state index in [-0.39, 0.29) is 17.4 Å². The summed E-state index contributed by atoms with van der Waals surface area (Å²) < 4.78 is 5.61. The van der Waals surface area contributed by atoms with Crippen molar-refractivity contribution in [3.8, 4) is 5.75 Å². The lowest BCUT2D eigenvalue weighted by molar-refractivity contribution is 0.0988. The minimum absolute atomic E-state index is 0.0170. The molecule has 1 heterocycles. The van der Waals surface area contributed by atoms with Gasteiger partial charge in [0.15, 0.2) is 5.78 Å². The van der Waals surface area contributed by atoms with Gasteiger partial charge in [0.05, 0.1) is 24.2 Å². The molecule has 3 rings (SSSR count). The van der Waals surface area contributed by atoms with Crippen molar-refractivity contribution in [3.63, 3.8) is 0 Å². The molecule has 6 nitrogen and oxygen atoms in total. The third kappa shape index (κ3) is 6.58. The average molecular weight is 472 g/mol. The van der Waals surface area contributed by atoms with Gasteiger partial charge in [-0.25, -0.2) is 4.98 Å². The molecule has 0 spiro atoms. The van der Waals surface area contributed by atoms with Crippen LogP contribution in [0, 0.1) is 12.8 Å². The lowest BCUT2D eigenvalue weighted by Crippen LogP contribution is -2.39. The van der Waals surface area contributed by atoms with Gasteiger partial charge in [0, 0.05) is 13.5 Å². The number of nitrogens with zero attached hydrogens (tertiary/aromatic N) is 2. The zero-order chi connectivity index (χ0) is 24.4. The molecule has 0 radical (unpaired) electrons. The van der Waals surface area contributed by atoms with Crippen LogP contribution in [0.4, 0.5) is 0 Å². The number of aliphatic hydroxyl groups excluding tert-OH is 1. The first-order valence-corrected chi connectivity index (χ1v) is 12.1. The van der Waals surface area contributed by atoms with Crippen molar-refractivity contribution in [2.45, 2.75) is 64.5 Å². The van der Waals surface area contributed by atoms with E-state index in [9.17, 15) is 4.79 Å². The van der Waals surface area contributed by atoms with Crippen molar-refractivity contribution < 1.29 is 14.6 Å². The van der Waals surface area contributed by atoms with E-state index in [1.54, 1.807) is 18.3 Å². The molecule has 1 aliphatic carbocycles. The minimum Gasteiger partial charge on any atom is -0.489 e. The van der Waals surface area contributed by atoms with Crippen LogP contribution in [0.25, 0.3) is 0 Å². The number of hydrogen-bond donors (Lipinski definition) is 3. The molecule has 0 unspecified atom stereocenters. The second kappa shape index (κ2) is 12.8. The molecule has 1 fully saturated rings. The van der Waals surface area contributed by atoms with Crippen molar-refractivity contribution in [2.24, 2.45) is 16.6 Å². The summed E-state index contributed by atoms with van der Waals surface area (Å²) in [5, 5.41) is 7.00. The lowest BCUT2D eigenvalue weighted by atomic mass is 9.68. The molecule has 0 aliphatic heterocycles. The maximum absolute atomic E-state index is 12.9. The molecule has 2 aromatic rings. The van der Waals surface area contributed by atoms with E-state index < -0.39 is 0 Å². The Morgan fingerprint density at radius 3 is 2.70 bits per heavy atom. The highest BCUT2D eigenvalue weighted by Crippen LogP contribution is 2.46. The smallest absolute Gasteiger partial charge is 0.185 e. The second-order valence-corrected chi connectivity index (χ2v) is 8.99. The standard InChI is InChI=1S/C25H33N3O2S.CH4O/c1-17(2)30-21-9-10-23(27-14-21)24(29)13-19-8-7-18(3)22(12-19)25(28-16-26)11-5-4-6-20(25)15-31;1-2/h7-10,12,14,16-17,20,31H,4-6,11,13,15H2,1-3H3,(H2,26,28);2H,1H3/t20-,25-;/m0./s1. The molecule has 33 heavy (non-hydrogen) atoms. The van der Waals surface area contributed by atoms with Gasteiger partial charge in [-0.15, -0.1) is 0 Å². The number of aromatic nitrogens is 1. The Morgan fingerprint density at radius 2 is 2.09 bits per heavy atom. The van der Waals surface area contributed by atoms with E-state index in [4.69, 9.17) is 20.6 Å². The fourth-order valence-corrected chi connectivity index (χ4v) is 5.09. The summed E-state index contributed by atoms with van der Waals surface area (Å²) in [7, 11) is 1.00. The zero-order valence-electron chi connectivity index (χ0n) is 20.1. The number of carbonyl (C=O) groups excluding carboxylic acids is 1. The highest BCUT2D eigenvalue weighted by atomic mass is 32.1. The number of pyridine rings is 1. The van der Waals surface area contributed by atoms with Gasteiger partial charge < -0.3 is 15.6 Å². The number of aliphatic imine (C=N–C) groups is 1. The summed E-state index contributed by atoms with van der Waals surface area (Å²) in [4.78, 5) is 22.0. The Hall–Kier alpha value is -2.38. The predicted molar refractivity (Wildman–Crippen MR) is 138 cm³/mol. The van der Waals surface area contributed by atoms with E-state index in [2.05, 4.69) is 36.7 Å². The van der Waals surface area contributed by atoms with Crippen LogP contribution in [-0.2, 0) is 12.0 Å². The molecular formula is C26H37N3O3S. The monoisotopic (exact) mass is 471 g/mol. The number of hydrogen-bond acceptors (Lipinski definition) is 6. The first-order valence-electron chi connectivity index (χ1n) is 11.5. The summed E-state index contributed by atoms with van der Waals surface area (Å²) in [6.45, 7) is 6.02. The van der Waals surface area contributed by atoms with Crippen molar-refractivity contribution in [1.82, 2.24) is 4.98 Å². The van der Waals surface area contributed by atoms with E-state index in [0.29, 0.717) is 23.8 Å². The van der Waals surface area contributed by atoms with Crippen molar-refractivity contribution >= 4 is 24.8 Å². The van der Waals surface area contributed by atoms with Crippen molar-refractivity contribution in [1.29, 1.82) is 0 Å². The van der Waals surface area contributed by atoms with Gasteiger partial charge >= 0.3 is 0 Å². The van der Waals surface area contributed by atoms with Crippen LogP contribution >= 0.6 is 12.6 Å². The number of nitrogens with two attached hydrogens (primary N) is 1. The summed E-state index contributed by atoms with van der Waals surface area (Å²) >= 11 is 4.62. The molecule has 180 valence electrons. The average Bonchev–Trinajstić information content (AvgIpc) is 2.82. The van der Waals surface area contributed by atoms with Gasteiger partial charge in [-0.2, -0.15) is 12.6 Å². The SMILES string of the molecule is CO.Cc1ccc(CC(=O)c2ccc(OC(C)C)cn2)cc1[C@]1(N=CN)CCCC[C@H]1CS. The van der Waals surface area contributed by atoms with Crippen LogP contribution in [0.3, 0.4) is 0 Å². The van der Waals surface area contributed by atoms with Gasteiger partial charge in [-0.3, -0.25) is 9.79 Å². The molecule has 7 heteroatoms. The Labute approximate surface area is 203 Å². The fourth-order valence-electron chi connectivity index (χ4n) is 4.61. The molecule has 1 aliphatic rings. The van der Waals surface area contributed by atoms with Crippen LogP contribution in [-0.4, -0.2) is 41.2 Å². The van der Waals surface area contributed by atoms with Crippen LogP contribution in [0.2, 0.25) is 0 Å². The Balaban J connectivity index is 0.00000187. The zero-order valence-corrected chi connectivity index (χ0v) is 21.0. The molecule has 0 bridgehead atoms. The molecular weight excluding hydrogens is 434 g/mol. The number of Topliss-reactive ketones (excluding diaryl/α,β-unsaturated/α-hetero) is 1. The summed E-state index contributed by atoms with van der Waals surface area (Å²) in [6, 6.07) is 9.77. The van der Waals surface area contributed by atoms with Gasteiger partial charge in [-0.1, -0.05) is 31.0 Å². The normalized spacial score (nSPS) is 20.4. The van der Waals surface area contributed by atoms with Gasteiger partial charge in [0.25, 0.3) is 0 Å². The van der Waals surface area contributed by atoms with Gasteiger partial charge in [0.2, 0.25) is 0 Å². The van der Waals surface area contributed by atoms with Crippen LogP contribution in [0.1, 0.15) is 66.7 Å². The van der Waals surface area contributed by atoms with Crippen molar-refractivity contribution in [3.05, 3.63) is 58.9 Å². The Bertz CT molecular complexity index is 931. The number of benzene rings is 1. The number of aryl methyl sites for hydroxylation is 1. The highest BCUT2D eigenvalue weighted by molar-refractivity contribution is 7.80. The summed E-state index contributed by atoms with van der Waals surface area (Å²) in [5.74, 6) is 1.73. The van der Waals surface area contributed by atoms with Gasteiger partial charge in [0.1, 0.15) is 11.4 Å². The Morgan fingerprint density at radius 1 is 1.33 bits per heavy atom. The summed E-state index contributed by atoms with van der Waals surface area (Å²) in [5.41, 5.74) is 9.16. The van der Waals surface area contributed by atoms with Crippen molar-refractivity contribution in [2.75, 3.05) is 12.9 Å².